The standard InChI is InChI=1S/C12H19NO4/c1-2-17-12(16)8-10(14)9-13-7-5-3-4-6-11(13)15/h2-9H2,1H3. The maximum absolute atomic E-state index is 11.6. The molecule has 0 aromatic carbocycles. The van der Waals surface area contributed by atoms with Gasteiger partial charge < -0.3 is 9.64 Å². The fourth-order valence-corrected chi connectivity index (χ4v) is 1.85. The van der Waals surface area contributed by atoms with Crippen molar-refractivity contribution in [1.82, 2.24) is 4.90 Å². The monoisotopic (exact) mass is 241 g/mol. The van der Waals surface area contributed by atoms with Crippen LogP contribution < -0.4 is 0 Å². The van der Waals surface area contributed by atoms with E-state index in [0.717, 1.165) is 19.3 Å². The lowest BCUT2D eigenvalue weighted by Gasteiger charge is -2.19. The molecule has 0 radical (unpaired) electrons. The molecule has 1 rings (SSSR count). The second-order valence-electron chi connectivity index (χ2n) is 4.15. The Bertz CT molecular complexity index is 301. The van der Waals surface area contributed by atoms with Crippen molar-refractivity contribution in [1.29, 1.82) is 0 Å². The van der Waals surface area contributed by atoms with E-state index in [4.69, 9.17) is 4.74 Å². The van der Waals surface area contributed by atoms with Crippen molar-refractivity contribution >= 4 is 17.7 Å². The van der Waals surface area contributed by atoms with Crippen LogP contribution in [0, 0.1) is 0 Å². The predicted octanol–water partition coefficient (Wildman–Crippen LogP) is 0.911. The van der Waals surface area contributed by atoms with Crippen LogP contribution in [0.4, 0.5) is 0 Å². The highest BCUT2D eigenvalue weighted by molar-refractivity contribution is 5.98. The van der Waals surface area contributed by atoms with Gasteiger partial charge in [0.25, 0.3) is 0 Å². The number of amides is 1. The van der Waals surface area contributed by atoms with E-state index in [0.29, 0.717) is 13.0 Å². The Hall–Kier alpha value is -1.39. The summed E-state index contributed by atoms with van der Waals surface area (Å²) in [4.78, 5) is 35.8. The van der Waals surface area contributed by atoms with E-state index in [1.54, 1.807) is 11.8 Å². The average Bonchev–Trinajstić information content (AvgIpc) is 2.44. The van der Waals surface area contributed by atoms with Crippen molar-refractivity contribution in [3.8, 4) is 0 Å². The molecule has 1 heterocycles. The molecule has 5 nitrogen and oxygen atoms in total. The van der Waals surface area contributed by atoms with Crippen LogP contribution in [0.25, 0.3) is 0 Å². The summed E-state index contributed by atoms with van der Waals surface area (Å²) < 4.78 is 4.69. The maximum Gasteiger partial charge on any atom is 0.313 e. The van der Waals surface area contributed by atoms with E-state index >= 15 is 0 Å². The third kappa shape index (κ3) is 4.97. The van der Waals surface area contributed by atoms with Gasteiger partial charge in [0.05, 0.1) is 13.2 Å². The molecule has 1 aliphatic heterocycles. The molecule has 0 saturated carbocycles. The van der Waals surface area contributed by atoms with Crippen molar-refractivity contribution in [2.45, 2.75) is 39.0 Å². The highest BCUT2D eigenvalue weighted by Crippen LogP contribution is 2.11. The van der Waals surface area contributed by atoms with Gasteiger partial charge in [0, 0.05) is 13.0 Å². The number of hydrogen-bond acceptors (Lipinski definition) is 4. The van der Waals surface area contributed by atoms with Crippen LogP contribution >= 0.6 is 0 Å². The summed E-state index contributed by atoms with van der Waals surface area (Å²) in [5.41, 5.74) is 0. The Kier molecular flexibility index (Phi) is 5.66. The molecule has 0 aromatic rings. The molecule has 5 heteroatoms. The van der Waals surface area contributed by atoms with E-state index in [2.05, 4.69) is 0 Å². The fraction of sp³-hybridized carbons (Fsp3) is 0.750. The minimum absolute atomic E-state index is 0.0136. The van der Waals surface area contributed by atoms with Gasteiger partial charge >= 0.3 is 5.97 Å². The molecule has 1 amide bonds. The van der Waals surface area contributed by atoms with Crippen molar-refractivity contribution < 1.29 is 19.1 Å². The summed E-state index contributed by atoms with van der Waals surface area (Å²) in [6, 6.07) is 0. The molecule has 0 N–H and O–H groups in total. The van der Waals surface area contributed by atoms with Crippen LogP contribution in [0.1, 0.15) is 39.0 Å². The number of carbonyl (C=O) groups is 3. The van der Waals surface area contributed by atoms with Crippen molar-refractivity contribution in [3.05, 3.63) is 0 Å². The zero-order valence-corrected chi connectivity index (χ0v) is 10.2. The number of likely N-dealkylation sites (tertiary alicyclic amines) is 1. The van der Waals surface area contributed by atoms with E-state index in [1.807, 2.05) is 0 Å². The van der Waals surface area contributed by atoms with Gasteiger partial charge in [-0.3, -0.25) is 14.4 Å². The lowest BCUT2D eigenvalue weighted by Crippen LogP contribution is -2.35. The number of esters is 1. The number of ether oxygens (including phenoxy) is 1. The van der Waals surface area contributed by atoms with Gasteiger partial charge in [-0.25, -0.2) is 0 Å². The third-order valence-corrected chi connectivity index (χ3v) is 2.69. The van der Waals surface area contributed by atoms with E-state index in [9.17, 15) is 14.4 Å². The molecular formula is C12H19NO4. The van der Waals surface area contributed by atoms with Crippen LogP contribution in [0.2, 0.25) is 0 Å². The van der Waals surface area contributed by atoms with E-state index in [-0.39, 0.29) is 31.3 Å². The quantitative estimate of drug-likeness (QED) is 0.530. The van der Waals surface area contributed by atoms with Crippen LogP contribution in [0.15, 0.2) is 0 Å². The molecule has 1 fully saturated rings. The third-order valence-electron chi connectivity index (χ3n) is 2.69. The van der Waals surface area contributed by atoms with Crippen molar-refractivity contribution in [2.75, 3.05) is 19.7 Å². The molecule has 0 spiro atoms. The summed E-state index contributed by atoms with van der Waals surface area (Å²) in [6.45, 7) is 2.63. The van der Waals surface area contributed by atoms with Crippen LogP contribution in [0.5, 0.6) is 0 Å². The van der Waals surface area contributed by atoms with Gasteiger partial charge in [-0.05, 0) is 19.8 Å². The molecule has 0 aromatic heterocycles. The van der Waals surface area contributed by atoms with Gasteiger partial charge in [-0.2, -0.15) is 0 Å². The Morgan fingerprint density at radius 1 is 1.29 bits per heavy atom. The summed E-state index contributed by atoms with van der Waals surface area (Å²) in [6.07, 6.45) is 3.11. The molecule has 1 saturated heterocycles. The van der Waals surface area contributed by atoms with Crippen LogP contribution in [-0.4, -0.2) is 42.3 Å². The van der Waals surface area contributed by atoms with Gasteiger partial charge in [0.2, 0.25) is 5.91 Å². The number of ketones is 1. The number of nitrogens with zero attached hydrogens (tertiary/aromatic N) is 1. The molecule has 17 heavy (non-hydrogen) atoms. The number of hydrogen-bond donors (Lipinski definition) is 0. The molecule has 96 valence electrons. The predicted molar refractivity (Wildman–Crippen MR) is 61.3 cm³/mol. The topological polar surface area (TPSA) is 63.7 Å². The Balaban J connectivity index is 2.38. The Morgan fingerprint density at radius 3 is 2.76 bits per heavy atom. The second kappa shape index (κ2) is 7.04. The first-order valence-electron chi connectivity index (χ1n) is 6.08. The van der Waals surface area contributed by atoms with Gasteiger partial charge in [0.15, 0.2) is 5.78 Å². The first-order chi connectivity index (χ1) is 8.13. The highest BCUT2D eigenvalue weighted by Gasteiger charge is 2.20. The fourth-order valence-electron chi connectivity index (χ4n) is 1.85. The smallest absolute Gasteiger partial charge is 0.313 e. The number of Topliss-reactive ketones (excluding diaryl/α,β-unsaturated/α-hetero) is 1. The highest BCUT2D eigenvalue weighted by atomic mass is 16.5. The lowest BCUT2D eigenvalue weighted by molar-refractivity contribution is -0.147. The number of rotatable bonds is 5. The first-order valence-corrected chi connectivity index (χ1v) is 6.08. The maximum atomic E-state index is 11.6. The van der Waals surface area contributed by atoms with Crippen molar-refractivity contribution in [2.24, 2.45) is 0 Å². The van der Waals surface area contributed by atoms with Gasteiger partial charge in [-0.1, -0.05) is 6.42 Å². The Labute approximate surface area is 101 Å². The molecule has 0 aliphatic carbocycles. The SMILES string of the molecule is CCOC(=O)CC(=O)CN1CCCCCC1=O. The normalized spacial score (nSPS) is 16.5. The summed E-state index contributed by atoms with van der Waals surface area (Å²) in [5, 5.41) is 0. The molecular weight excluding hydrogens is 222 g/mol. The van der Waals surface area contributed by atoms with Crippen LogP contribution in [0.3, 0.4) is 0 Å². The minimum atomic E-state index is -0.514. The zero-order valence-electron chi connectivity index (χ0n) is 10.2. The minimum Gasteiger partial charge on any atom is -0.466 e. The second-order valence-corrected chi connectivity index (χ2v) is 4.15. The number of carbonyl (C=O) groups excluding carboxylic acids is 3. The zero-order chi connectivity index (χ0) is 12.7. The Morgan fingerprint density at radius 2 is 2.06 bits per heavy atom. The summed E-state index contributed by atoms with van der Waals surface area (Å²) >= 11 is 0. The van der Waals surface area contributed by atoms with Crippen LogP contribution in [-0.2, 0) is 19.1 Å². The summed E-state index contributed by atoms with van der Waals surface area (Å²) in [5.74, 6) is -0.752. The molecule has 0 atom stereocenters. The van der Waals surface area contributed by atoms with Crippen molar-refractivity contribution in [3.63, 3.8) is 0 Å². The average molecular weight is 241 g/mol. The summed E-state index contributed by atoms with van der Waals surface area (Å²) in [7, 11) is 0. The lowest BCUT2D eigenvalue weighted by atomic mass is 10.2. The van der Waals surface area contributed by atoms with E-state index in [1.165, 1.54) is 0 Å². The molecule has 1 aliphatic rings. The van der Waals surface area contributed by atoms with Gasteiger partial charge in [-0.15, -0.1) is 0 Å². The molecule has 0 unspecified atom stereocenters. The molecule has 0 bridgehead atoms. The van der Waals surface area contributed by atoms with Gasteiger partial charge in [0.1, 0.15) is 6.42 Å². The first kappa shape index (κ1) is 13.7. The van der Waals surface area contributed by atoms with E-state index < -0.39 is 5.97 Å². The largest absolute Gasteiger partial charge is 0.466 e.